The maximum atomic E-state index is 12.0. The molecule has 0 aliphatic carbocycles. The molecule has 1 fully saturated rings. The Morgan fingerprint density at radius 3 is 2.73 bits per heavy atom. The smallest absolute Gasteiger partial charge is 0.225 e. The van der Waals surface area contributed by atoms with Gasteiger partial charge in [-0.3, -0.25) is 9.69 Å². The molecule has 1 N–H and O–H groups in total. The van der Waals surface area contributed by atoms with E-state index in [9.17, 15) is 13.2 Å². The van der Waals surface area contributed by atoms with Crippen LogP contribution in [0.5, 0.6) is 0 Å². The number of nitrogens with zero attached hydrogens (tertiary/aromatic N) is 3. The zero-order valence-electron chi connectivity index (χ0n) is 13.1. The van der Waals surface area contributed by atoms with Crippen LogP contribution in [-0.4, -0.2) is 68.0 Å². The van der Waals surface area contributed by atoms with Crippen LogP contribution < -0.4 is 5.32 Å². The number of hydrogen-bond acceptors (Lipinski definition) is 6. The molecule has 2 heterocycles. The van der Waals surface area contributed by atoms with Gasteiger partial charge in [-0.05, 0) is 6.92 Å². The maximum Gasteiger partial charge on any atom is 0.225 e. The molecule has 2 rings (SSSR count). The van der Waals surface area contributed by atoms with Crippen LogP contribution in [0.3, 0.4) is 0 Å². The van der Waals surface area contributed by atoms with E-state index in [0.29, 0.717) is 26.2 Å². The molecule has 0 saturated carbocycles. The van der Waals surface area contributed by atoms with Gasteiger partial charge in [0.2, 0.25) is 15.9 Å². The molecular weight excluding hydrogens is 324 g/mol. The first-order valence-corrected chi connectivity index (χ1v) is 9.82. The van der Waals surface area contributed by atoms with Gasteiger partial charge in [0.05, 0.1) is 22.9 Å². The van der Waals surface area contributed by atoms with Gasteiger partial charge in [-0.1, -0.05) is 0 Å². The number of amides is 1. The van der Waals surface area contributed by atoms with E-state index in [0.717, 1.165) is 10.7 Å². The molecule has 0 radical (unpaired) electrons. The molecule has 0 unspecified atom stereocenters. The van der Waals surface area contributed by atoms with Gasteiger partial charge in [0.1, 0.15) is 0 Å². The number of aryl methyl sites for hydroxylation is 1. The van der Waals surface area contributed by atoms with Gasteiger partial charge in [-0.25, -0.2) is 17.7 Å². The molecule has 0 bridgehead atoms. The molecule has 1 aromatic heterocycles. The summed E-state index contributed by atoms with van der Waals surface area (Å²) in [6.07, 6.45) is 1.19. The predicted octanol–water partition coefficient (Wildman–Crippen LogP) is -0.109. The minimum Gasteiger partial charge on any atom is -0.359 e. The SMILES string of the molecule is CNC(=O)[C@H]1CN(Cc2csc(C)n2)CCN(S(C)(=O)=O)C1. The second kappa shape index (κ2) is 7.03. The highest BCUT2D eigenvalue weighted by atomic mass is 32.2. The number of carbonyl (C=O) groups excluding carboxylic acids is 1. The molecule has 1 aromatic rings. The molecule has 1 amide bonds. The summed E-state index contributed by atoms with van der Waals surface area (Å²) in [5.74, 6) is -0.503. The third-order valence-electron chi connectivity index (χ3n) is 3.71. The molecule has 1 saturated heterocycles. The van der Waals surface area contributed by atoms with Crippen molar-refractivity contribution in [1.82, 2.24) is 19.5 Å². The van der Waals surface area contributed by atoms with Gasteiger partial charge in [-0.15, -0.1) is 11.3 Å². The van der Waals surface area contributed by atoms with Crippen LogP contribution in [0.2, 0.25) is 0 Å². The topological polar surface area (TPSA) is 82.6 Å². The maximum absolute atomic E-state index is 12.0. The molecule has 124 valence electrons. The number of hydrogen-bond donors (Lipinski definition) is 1. The number of carbonyl (C=O) groups is 1. The molecular formula is C13H22N4O3S2. The van der Waals surface area contributed by atoms with Gasteiger partial charge < -0.3 is 5.32 Å². The van der Waals surface area contributed by atoms with Crippen LogP contribution in [0.25, 0.3) is 0 Å². The summed E-state index contributed by atoms with van der Waals surface area (Å²) in [6.45, 7) is 4.34. The number of thiazole rings is 1. The Labute approximate surface area is 135 Å². The zero-order chi connectivity index (χ0) is 16.3. The van der Waals surface area contributed by atoms with Crippen LogP contribution in [-0.2, 0) is 21.4 Å². The average Bonchev–Trinajstić information content (AvgIpc) is 2.72. The Hall–Kier alpha value is -1.03. The summed E-state index contributed by atoms with van der Waals surface area (Å²) in [4.78, 5) is 18.6. The van der Waals surface area contributed by atoms with E-state index in [-0.39, 0.29) is 18.4 Å². The van der Waals surface area contributed by atoms with Crippen LogP contribution in [0.4, 0.5) is 0 Å². The number of rotatable bonds is 4. The lowest BCUT2D eigenvalue weighted by atomic mass is 10.1. The van der Waals surface area contributed by atoms with Crippen molar-refractivity contribution in [2.45, 2.75) is 13.5 Å². The van der Waals surface area contributed by atoms with E-state index < -0.39 is 10.0 Å². The minimum absolute atomic E-state index is 0.130. The molecule has 9 heteroatoms. The van der Waals surface area contributed by atoms with Crippen molar-refractivity contribution in [3.63, 3.8) is 0 Å². The lowest BCUT2D eigenvalue weighted by Gasteiger charge is -2.22. The summed E-state index contributed by atoms with van der Waals surface area (Å²) in [6, 6.07) is 0. The Morgan fingerprint density at radius 2 is 2.18 bits per heavy atom. The Kier molecular flexibility index (Phi) is 5.54. The molecule has 0 aromatic carbocycles. The van der Waals surface area contributed by atoms with Crippen molar-refractivity contribution < 1.29 is 13.2 Å². The Morgan fingerprint density at radius 1 is 1.45 bits per heavy atom. The van der Waals surface area contributed by atoms with Gasteiger partial charge >= 0.3 is 0 Å². The van der Waals surface area contributed by atoms with Crippen molar-refractivity contribution in [2.24, 2.45) is 5.92 Å². The van der Waals surface area contributed by atoms with E-state index in [1.165, 1.54) is 10.6 Å². The summed E-state index contributed by atoms with van der Waals surface area (Å²) >= 11 is 1.59. The fourth-order valence-corrected chi connectivity index (χ4v) is 4.04. The largest absolute Gasteiger partial charge is 0.359 e. The van der Waals surface area contributed by atoms with Crippen LogP contribution in [0.1, 0.15) is 10.7 Å². The molecule has 1 aliphatic heterocycles. The van der Waals surface area contributed by atoms with Crippen molar-refractivity contribution in [1.29, 1.82) is 0 Å². The molecule has 1 atom stereocenters. The van der Waals surface area contributed by atoms with E-state index in [1.54, 1.807) is 18.4 Å². The first-order valence-electron chi connectivity index (χ1n) is 7.09. The average molecular weight is 346 g/mol. The number of aromatic nitrogens is 1. The lowest BCUT2D eigenvalue weighted by Crippen LogP contribution is -2.41. The Bertz CT molecular complexity index is 629. The number of nitrogens with one attached hydrogen (secondary N) is 1. The molecule has 0 spiro atoms. The second-order valence-corrected chi connectivity index (χ2v) is 8.57. The van der Waals surface area contributed by atoms with Crippen molar-refractivity contribution in [3.05, 3.63) is 16.1 Å². The summed E-state index contributed by atoms with van der Waals surface area (Å²) in [7, 11) is -1.73. The van der Waals surface area contributed by atoms with Crippen molar-refractivity contribution >= 4 is 27.3 Å². The summed E-state index contributed by atoms with van der Waals surface area (Å²) in [5, 5.41) is 5.63. The highest BCUT2D eigenvalue weighted by Crippen LogP contribution is 2.16. The predicted molar refractivity (Wildman–Crippen MR) is 86.1 cm³/mol. The van der Waals surface area contributed by atoms with Crippen LogP contribution in [0, 0.1) is 12.8 Å². The first-order chi connectivity index (χ1) is 10.3. The Balaban J connectivity index is 2.14. The normalized spacial score (nSPS) is 21.5. The van der Waals surface area contributed by atoms with E-state index in [1.807, 2.05) is 12.3 Å². The highest BCUT2D eigenvalue weighted by molar-refractivity contribution is 7.88. The highest BCUT2D eigenvalue weighted by Gasteiger charge is 2.31. The van der Waals surface area contributed by atoms with E-state index in [2.05, 4.69) is 15.2 Å². The van der Waals surface area contributed by atoms with Gasteiger partial charge in [0, 0.05) is 45.2 Å². The molecule has 7 nitrogen and oxygen atoms in total. The second-order valence-electron chi connectivity index (χ2n) is 5.53. The van der Waals surface area contributed by atoms with Crippen molar-refractivity contribution in [2.75, 3.05) is 39.5 Å². The molecule has 1 aliphatic rings. The van der Waals surface area contributed by atoms with E-state index in [4.69, 9.17) is 0 Å². The first kappa shape index (κ1) is 17.3. The van der Waals surface area contributed by atoms with Gasteiger partial charge in [-0.2, -0.15) is 0 Å². The lowest BCUT2D eigenvalue weighted by molar-refractivity contribution is -0.125. The monoisotopic (exact) mass is 346 g/mol. The fourth-order valence-electron chi connectivity index (χ4n) is 2.58. The standard InChI is InChI=1S/C13H22N4O3S2/c1-10-15-12(9-21-10)8-16-4-5-17(22(3,19)20)7-11(6-16)13(18)14-2/h9,11H,4-8H2,1-3H3,(H,14,18)/t11-/m0/s1. The van der Waals surface area contributed by atoms with Gasteiger partial charge in [0.25, 0.3) is 0 Å². The van der Waals surface area contributed by atoms with Crippen molar-refractivity contribution in [3.8, 4) is 0 Å². The minimum atomic E-state index is -3.30. The fraction of sp³-hybridized carbons (Fsp3) is 0.692. The molecule has 22 heavy (non-hydrogen) atoms. The quantitative estimate of drug-likeness (QED) is 0.823. The third-order valence-corrected chi connectivity index (χ3v) is 5.80. The third kappa shape index (κ3) is 4.48. The zero-order valence-corrected chi connectivity index (χ0v) is 14.7. The number of sulfonamides is 1. The summed E-state index contributed by atoms with van der Waals surface area (Å²) in [5.41, 5.74) is 0.964. The van der Waals surface area contributed by atoms with Gasteiger partial charge in [0.15, 0.2) is 0 Å². The van der Waals surface area contributed by atoms with Crippen LogP contribution in [0.15, 0.2) is 5.38 Å². The van der Waals surface area contributed by atoms with E-state index >= 15 is 0 Å². The summed E-state index contributed by atoms with van der Waals surface area (Å²) < 4.78 is 25.0. The van der Waals surface area contributed by atoms with Crippen LogP contribution >= 0.6 is 11.3 Å².